The summed E-state index contributed by atoms with van der Waals surface area (Å²) in [4.78, 5) is 6.70. The molecule has 0 aliphatic carbocycles. The normalized spacial score (nSPS) is 27.4. The van der Waals surface area contributed by atoms with Crippen LogP contribution in [0.2, 0.25) is 0 Å². The average Bonchev–Trinajstić information content (AvgIpc) is 2.68. The van der Waals surface area contributed by atoms with E-state index in [1.165, 1.54) is 0 Å². The lowest BCUT2D eigenvalue weighted by Gasteiger charge is -2.22. The van der Waals surface area contributed by atoms with Crippen LogP contribution in [-0.4, -0.2) is 46.9 Å². The lowest BCUT2D eigenvalue weighted by molar-refractivity contribution is 0.161. The number of fused-ring (bicyclic) bond motifs is 1. The van der Waals surface area contributed by atoms with Gasteiger partial charge in [-0.25, -0.2) is 4.98 Å². The molecule has 3 heterocycles. The van der Waals surface area contributed by atoms with Crippen molar-refractivity contribution in [3.05, 3.63) is 17.8 Å². The van der Waals surface area contributed by atoms with E-state index in [2.05, 4.69) is 16.8 Å². The number of aromatic nitrogens is 1. The summed E-state index contributed by atoms with van der Waals surface area (Å²) in [6, 6.07) is 4.27. The number of ether oxygens (including phenoxy) is 2. The van der Waals surface area contributed by atoms with Gasteiger partial charge in [0.15, 0.2) is 5.75 Å². The van der Waals surface area contributed by atoms with Crippen LogP contribution in [0.4, 0.5) is 0 Å². The van der Waals surface area contributed by atoms with Crippen molar-refractivity contribution in [2.24, 2.45) is 0 Å². The third kappa shape index (κ3) is 2.28. The quantitative estimate of drug-likeness (QED) is 0.841. The number of rotatable bonds is 2. The van der Waals surface area contributed by atoms with Crippen LogP contribution in [0.25, 0.3) is 0 Å². The first kappa shape index (κ1) is 11.7. The van der Waals surface area contributed by atoms with Gasteiger partial charge in [-0.3, -0.25) is 4.90 Å². The Balaban J connectivity index is 1.73. The molecule has 2 atom stereocenters. The van der Waals surface area contributed by atoms with Crippen molar-refractivity contribution in [1.82, 2.24) is 9.88 Å². The van der Waals surface area contributed by atoms with Gasteiger partial charge in [0.2, 0.25) is 0 Å². The van der Waals surface area contributed by atoms with Crippen molar-refractivity contribution in [3.8, 4) is 11.6 Å². The summed E-state index contributed by atoms with van der Waals surface area (Å²) in [7, 11) is 0. The van der Waals surface area contributed by atoms with Crippen LogP contribution in [0.15, 0.2) is 12.1 Å². The van der Waals surface area contributed by atoms with Crippen LogP contribution < -0.4 is 9.47 Å². The molecule has 1 fully saturated rings. The molecule has 5 nitrogen and oxygen atoms in total. The van der Waals surface area contributed by atoms with E-state index in [4.69, 9.17) is 9.47 Å². The zero-order valence-electron chi connectivity index (χ0n) is 10.5. The zero-order valence-corrected chi connectivity index (χ0v) is 10.5. The molecule has 0 saturated carbocycles. The molecule has 0 unspecified atom stereocenters. The van der Waals surface area contributed by atoms with E-state index in [1.807, 2.05) is 12.1 Å². The monoisotopic (exact) mass is 250 g/mol. The van der Waals surface area contributed by atoms with Gasteiger partial charge < -0.3 is 14.6 Å². The topological polar surface area (TPSA) is 54.8 Å². The van der Waals surface area contributed by atoms with Crippen LogP contribution in [0.3, 0.4) is 0 Å². The summed E-state index contributed by atoms with van der Waals surface area (Å²) in [6.45, 7) is 4.74. The molecule has 1 aromatic rings. The number of likely N-dealkylation sites (tertiary alicyclic amines) is 1. The average molecular weight is 250 g/mol. The number of aliphatic hydroxyl groups excluding tert-OH is 1. The van der Waals surface area contributed by atoms with Gasteiger partial charge in [-0.15, -0.1) is 0 Å². The van der Waals surface area contributed by atoms with Crippen LogP contribution in [0, 0.1) is 0 Å². The van der Waals surface area contributed by atoms with Gasteiger partial charge in [0.05, 0.1) is 11.8 Å². The summed E-state index contributed by atoms with van der Waals surface area (Å²) in [5, 5.41) is 9.63. The highest BCUT2D eigenvalue weighted by atomic mass is 16.6. The second kappa shape index (κ2) is 4.74. The second-order valence-electron chi connectivity index (χ2n) is 4.97. The lowest BCUT2D eigenvalue weighted by atomic mass is 10.2. The predicted molar refractivity (Wildman–Crippen MR) is 65.7 cm³/mol. The molecular formula is C13H18N2O3. The van der Waals surface area contributed by atoms with Gasteiger partial charge in [0.1, 0.15) is 13.2 Å². The molecule has 98 valence electrons. The highest BCUT2D eigenvalue weighted by molar-refractivity contribution is 5.35. The van der Waals surface area contributed by atoms with Crippen LogP contribution in [-0.2, 0) is 6.54 Å². The maximum absolute atomic E-state index is 9.63. The molecule has 0 spiro atoms. The Morgan fingerprint density at radius 3 is 3.00 bits per heavy atom. The Morgan fingerprint density at radius 1 is 1.39 bits per heavy atom. The SMILES string of the molecule is C[C@H]1C[C@@H](O)CN1Cc1ccc2c(n1)OCCO2. The van der Waals surface area contributed by atoms with Crippen molar-refractivity contribution >= 4 is 0 Å². The zero-order chi connectivity index (χ0) is 12.5. The standard InChI is InChI=1S/C13H18N2O3/c1-9-6-11(16)8-15(9)7-10-2-3-12-13(14-10)18-5-4-17-12/h2-3,9,11,16H,4-8H2,1H3/t9-,11+/m0/s1. The molecule has 1 saturated heterocycles. The minimum atomic E-state index is -0.211. The molecule has 0 bridgehead atoms. The van der Waals surface area contributed by atoms with E-state index in [0.29, 0.717) is 25.1 Å². The first-order chi connectivity index (χ1) is 8.72. The fourth-order valence-electron chi connectivity index (χ4n) is 2.55. The first-order valence-corrected chi connectivity index (χ1v) is 6.40. The predicted octanol–water partition coefficient (Wildman–Crippen LogP) is 0.808. The number of nitrogens with zero attached hydrogens (tertiary/aromatic N) is 2. The molecule has 2 aliphatic rings. The summed E-state index contributed by atoms with van der Waals surface area (Å²) in [5.74, 6) is 1.31. The van der Waals surface area contributed by atoms with Gasteiger partial charge >= 0.3 is 0 Å². The van der Waals surface area contributed by atoms with Crippen molar-refractivity contribution in [1.29, 1.82) is 0 Å². The summed E-state index contributed by atoms with van der Waals surface area (Å²) < 4.78 is 10.9. The van der Waals surface area contributed by atoms with Crippen molar-refractivity contribution in [2.45, 2.75) is 32.0 Å². The van der Waals surface area contributed by atoms with Gasteiger partial charge in [0.25, 0.3) is 5.88 Å². The fourth-order valence-corrected chi connectivity index (χ4v) is 2.55. The Morgan fingerprint density at radius 2 is 2.22 bits per heavy atom. The summed E-state index contributed by atoms with van der Waals surface area (Å²) >= 11 is 0. The molecule has 2 aliphatic heterocycles. The molecule has 1 N–H and O–H groups in total. The van der Waals surface area contributed by atoms with Gasteiger partial charge in [-0.05, 0) is 25.5 Å². The smallest absolute Gasteiger partial charge is 0.257 e. The van der Waals surface area contributed by atoms with Gasteiger partial charge in [-0.2, -0.15) is 0 Å². The van der Waals surface area contributed by atoms with Crippen molar-refractivity contribution in [3.63, 3.8) is 0 Å². The number of hydrogen-bond acceptors (Lipinski definition) is 5. The number of hydrogen-bond donors (Lipinski definition) is 1. The lowest BCUT2D eigenvalue weighted by Crippen LogP contribution is -2.27. The van der Waals surface area contributed by atoms with Crippen molar-refractivity contribution < 1.29 is 14.6 Å². The van der Waals surface area contributed by atoms with Crippen LogP contribution in [0.5, 0.6) is 11.6 Å². The summed E-state index contributed by atoms with van der Waals surface area (Å²) in [6.07, 6.45) is 0.627. The fraction of sp³-hybridized carbons (Fsp3) is 0.615. The van der Waals surface area contributed by atoms with Crippen LogP contribution >= 0.6 is 0 Å². The molecular weight excluding hydrogens is 232 g/mol. The van der Waals surface area contributed by atoms with Crippen LogP contribution in [0.1, 0.15) is 19.0 Å². The van der Waals surface area contributed by atoms with Gasteiger partial charge in [-0.1, -0.05) is 0 Å². The second-order valence-corrected chi connectivity index (χ2v) is 4.97. The molecule has 0 amide bonds. The Hall–Kier alpha value is -1.33. The van der Waals surface area contributed by atoms with Crippen molar-refractivity contribution in [2.75, 3.05) is 19.8 Å². The molecule has 0 radical (unpaired) electrons. The molecule has 3 rings (SSSR count). The Labute approximate surface area is 106 Å². The maximum atomic E-state index is 9.63. The largest absolute Gasteiger partial charge is 0.484 e. The highest BCUT2D eigenvalue weighted by Crippen LogP contribution is 2.28. The first-order valence-electron chi connectivity index (χ1n) is 6.40. The van der Waals surface area contributed by atoms with E-state index in [1.54, 1.807) is 0 Å². The number of β-amino-alcohol motifs (C(OH)–C–C–N with tert-alkyl or cyclic N) is 1. The van der Waals surface area contributed by atoms with E-state index < -0.39 is 0 Å². The minimum Gasteiger partial charge on any atom is -0.484 e. The Kier molecular flexibility index (Phi) is 3.09. The number of aliphatic hydroxyl groups is 1. The summed E-state index contributed by atoms with van der Waals surface area (Å²) in [5.41, 5.74) is 0.959. The van der Waals surface area contributed by atoms with E-state index in [0.717, 1.165) is 31.0 Å². The van der Waals surface area contributed by atoms with E-state index >= 15 is 0 Å². The highest BCUT2D eigenvalue weighted by Gasteiger charge is 2.27. The molecule has 1 aromatic heterocycles. The third-order valence-corrected chi connectivity index (χ3v) is 3.51. The molecule has 5 heteroatoms. The number of pyridine rings is 1. The van der Waals surface area contributed by atoms with Gasteiger partial charge in [0, 0.05) is 19.1 Å². The molecule has 0 aromatic carbocycles. The molecule has 18 heavy (non-hydrogen) atoms. The Bertz CT molecular complexity index is 438. The van der Waals surface area contributed by atoms with E-state index in [-0.39, 0.29) is 6.10 Å². The maximum Gasteiger partial charge on any atom is 0.257 e. The minimum absolute atomic E-state index is 0.211. The third-order valence-electron chi connectivity index (χ3n) is 3.51. The van der Waals surface area contributed by atoms with E-state index in [9.17, 15) is 5.11 Å².